The molecule has 1 aliphatic rings. The summed E-state index contributed by atoms with van der Waals surface area (Å²) in [5.41, 5.74) is 0. The summed E-state index contributed by atoms with van der Waals surface area (Å²) < 4.78 is 0. The second-order valence-electron chi connectivity index (χ2n) is 2.18. The molecule has 1 rings (SSSR count). The molecule has 0 aromatic carbocycles. The van der Waals surface area contributed by atoms with Crippen molar-refractivity contribution in [2.45, 2.75) is 12.2 Å². The molecule has 1 amide bonds. The largest absolute Gasteiger partial charge is 0.340 e. The van der Waals surface area contributed by atoms with Gasteiger partial charge in [0.05, 0.1) is 5.25 Å². The summed E-state index contributed by atoms with van der Waals surface area (Å²) in [6, 6.07) is 0. The Hall–Kier alpha value is -0.220. The number of carbonyl (C=O) groups excluding carboxylic acids is 1. The smallest absolute Gasteiger partial charge is 0.219 e. The lowest BCUT2D eigenvalue weighted by atomic mass is 10.2. The van der Waals surface area contributed by atoms with Crippen LogP contribution in [-0.4, -0.2) is 29.1 Å². The number of carbonyl (C=O) groups is 1. The van der Waals surface area contributed by atoms with E-state index in [1.807, 2.05) is 0 Å². The molecule has 0 aromatic rings. The van der Waals surface area contributed by atoms with Gasteiger partial charge >= 0.3 is 0 Å². The van der Waals surface area contributed by atoms with Gasteiger partial charge in [0.1, 0.15) is 0 Å². The molecule has 0 aliphatic carbocycles. The van der Waals surface area contributed by atoms with Crippen molar-refractivity contribution in [1.29, 1.82) is 0 Å². The maximum atomic E-state index is 10.6. The van der Waals surface area contributed by atoms with E-state index in [1.54, 1.807) is 11.8 Å². The molecule has 0 bridgehead atoms. The fourth-order valence-corrected chi connectivity index (χ4v) is 1.31. The van der Waals surface area contributed by atoms with Crippen LogP contribution in [0.2, 0.25) is 0 Å². The number of rotatable bonds is 1. The quantitative estimate of drug-likeness (QED) is 0.522. The molecule has 1 fully saturated rings. The van der Waals surface area contributed by atoms with Crippen molar-refractivity contribution in [3.05, 3.63) is 0 Å². The predicted molar refractivity (Wildman–Crippen MR) is 37.8 cm³/mol. The van der Waals surface area contributed by atoms with Crippen LogP contribution in [0.25, 0.3) is 0 Å². The maximum Gasteiger partial charge on any atom is 0.219 e. The Bertz CT molecular complexity index is 122. The Kier molecular flexibility index (Phi) is 1.97. The molecule has 9 heavy (non-hydrogen) atoms. The lowest BCUT2D eigenvalue weighted by Gasteiger charge is -2.36. The molecule has 4 heteroatoms. The van der Waals surface area contributed by atoms with Gasteiger partial charge in [0.25, 0.3) is 0 Å². The Morgan fingerprint density at radius 3 is 2.67 bits per heavy atom. The molecule has 0 atom stereocenters. The van der Waals surface area contributed by atoms with Crippen molar-refractivity contribution >= 4 is 17.9 Å². The van der Waals surface area contributed by atoms with Gasteiger partial charge in [-0.25, -0.2) is 0 Å². The lowest BCUT2D eigenvalue weighted by Crippen LogP contribution is -2.51. The Labute approximate surface area is 58.7 Å². The lowest BCUT2D eigenvalue weighted by molar-refractivity contribution is -0.131. The van der Waals surface area contributed by atoms with E-state index in [0.29, 0.717) is 5.25 Å². The van der Waals surface area contributed by atoms with E-state index < -0.39 is 0 Å². The average Bonchev–Trinajstić information content (AvgIpc) is 1.61. The number of hydrogen-bond acceptors (Lipinski definition) is 3. The molecule has 1 heterocycles. The molecule has 52 valence electrons. The van der Waals surface area contributed by atoms with Gasteiger partial charge in [-0.1, -0.05) is 11.9 Å². The zero-order chi connectivity index (χ0) is 6.85. The van der Waals surface area contributed by atoms with Crippen molar-refractivity contribution in [2.24, 2.45) is 5.14 Å². The first-order valence-corrected chi connectivity index (χ1v) is 3.79. The molecule has 0 aromatic heterocycles. The predicted octanol–water partition coefficient (Wildman–Crippen LogP) is -0.176. The Morgan fingerprint density at radius 1 is 1.78 bits per heavy atom. The third-order valence-corrected chi connectivity index (χ3v) is 2.17. The molecule has 1 aliphatic heterocycles. The Balaban J connectivity index is 2.19. The van der Waals surface area contributed by atoms with Gasteiger partial charge in [-0.3, -0.25) is 9.93 Å². The standard InChI is InChI=1S/C5H10N2OS/c1-4(8)7-2-5(3-7)9-6/h5H,2-3,6H2,1H3. The molecular weight excluding hydrogens is 136 g/mol. The molecule has 0 spiro atoms. The zero-order valence-electron chi connectivity index (χ0n) is 5.33. The molecule has 2 N–H and O–H groups in total. The SMILES string of the molecule is CC(=O)N1CC(SN)C1. The van der Waals surface area contributed by atoms with Gasteiger partial charge in [-0.05, 0) is 0 Å². The van der Waals surface area contributed by atoms with Crippen LogP contribution < -0.4 is 5.14 Å². The van der Waals surface area contributed by atoms with E-state index in [1.165, 1.54) is 11.9 Å². The molecular formula is C5H10N2OS. The fourth-order valence-electron chi connectivity index (χ4n) is 0.781. The van der Waals surface area contributed by atoms with Gasteiger partial charge in [-0.15, -0.1) is 0 Å². The van der Waals surface area contributed by atoms with Crippen LogP contribution in [0.5, 0.6) is 0 Å². The van der Waals surface area contributed by atoms with Crippen molar-refractivity contribution in [3.8, 4) is 0 Å². The monoisotopic (exact) mass is 146 g/mol. The van der Waals surface area contributed by atoms with Crippen molar-refractivity contribution in [2.75, 3.05) is 13.1 Å². The van der Waals surface area contributed by atoms with E-state index in [0.717, 1.165) is 13.1 Å². The minimum Gasteiger partial charge on any atom is -0.340 e. The number of nitrogens with two attached hydrogens (primary N) is 1. The molecule has 0 radical (unpaired) electrons. The Morgan fingerprint density at radius 2 is 2.33 bits per heavy atom. The van der Waals surface area contributed by atoms with E-state index >= 15 is 0 Å². The highest BCUT2D eigenvalue weighted by Gasteiger charge is 2.27. The normalized spacial score (nSPS) is 19.6. The summed E-state index contributed by atoms with van der Waals surface area (Å²) in [5, 5.41) is 5.76. The first-order chi connectivity index (χ1) is 4.24. The molecule has 0 saturated carbocycles. The molecule has 1 saturated heterocycles. The first-order valence-electron chi connectivity index (χ1n) is 2.85. The third-order valence-electron chi connectivity index (χ3n) is 1.49. The fraction of sp³-hybridized carbons (Fsp3) is 0.800. The van der Waals surface area contributed by atoms with Gasteiger partial charge in [-0.2, -0.15) is 0 Å². The highest BCUT2D eigenvalue weighted by atomic mass is 32.2. The minimum atomic E-state index is 0.153. The number of amides is 1. The molecule has 3 nitrogen and oxygen atoms in total. The van der Waals surface area contributed by atoms with Gasteiger partial charge in [0, 0.05) is 20.0 Å². The van der Waals surface area contributed by atoms with Gasteiger partial charge in [0.15, 0.2) is 0 Å². The van der Waals surface area contributed by atoms with Crippen LogP contribution in [0.15, 0.2) is 0 Å². The average molecular weight is 146 g/mol. The summed E-state index contributed by atoms with van der Waals surface area (Å²) in [5.74, 6) is 0.153. The van der Waals surface area contributed by atoms with Gasteiger partial charge in [0.2, 0.25) is 5.91 Å². The van der Waals surface area contributed by atoms with E-state index in [4.69, 9.17) is 5.14 Å². The summed E-state index contributed by atoms with van der Waals surface area (Å²) in [6.07, 6.45) is 0. The second kappa shape index (κ2) is 2.58. The zero-order valence-corrected chi connectivity index (χ0v) is 6.15. The van der Waals surface area contributed by atoms with Crippen molar-refractivity contribution in [3.63, 3.8) is 0 Å². The molecule has 0 unspecified atom stereocenters. The highest BCUT2D eigenvalue weighted by Crippen LogP contribution is 2.16. The van der Waals surface area contributed by atoms with E-state index in [2.05, 4.69) is 0 Å². The van der Waals surface area contributed by atoms with Gasteiger partial charge < -0.3 is 4.90 Å². The van der Waals surface area contributed by atoms with E-state index in [-0.39, 0.29) is 5.91 Å². The van der Waals surface area contributed by atoms with Crippen LogP contribution in [0.4, 0.5) is 0 Å². The van der Waals surface area contributed by atoms with Crippen LogP contribution in [0.1, 0.15) is 6.92 Å². The van der Waals surface area contributed by atoms with Crippen LogP contribution >= 0.6 is 11.9 Å². The summed E-state index contributed by atoms with van der Waals surface area (Å²) >= 11 is 1.34. The highest BCUT2D eigenvalue weighted by molar-refractivity contribution is 7.97. The minimum absolute atomic E-state index is 0.153. The van der Waals surface area contributed by atoms with Crippen LogP contribution in [0, 0.1) is 0 Å². The van der Waals surface area contributed by atoms with Crippen molar-refractivity contribution < 1.29 is 4.79 Å². The van der Waals surface area contributed by atoms with Crippen molar-refractivity contribution in [1.82, 2.24) is 4.90 Å². The first kappa shape index (κ1) is 6.89. The second-order valence-corrected chi connectivity index (χ2v) is 3.12. The topological polar surface area (TPSA) is 46.3 Å². The number of likely N-dealkylation sites (tertiary alicyclic amines) is 1. The number of hydrogen-bond donors (Lipinski definition) is 1. The number of nitrogens with zero attached hydrogens (tertiary/aromatic N) is 1. The third kappa shape index (κ3) is 1.37. The van der Waals surface area contributed by atoms with E-state index in [9.17, 15) is 4.79 Å². The summed E-state index contributed by atoms with van der Waals surface area (Å²) in [4.78, 5) is 12.3. The maximum absolute atomic E-state index is 10.6. The van der Waals surface area contributed by atoms with Crippen LogP contribution in [-0.2, 0) is 4.79 Å². The summed E-state index contributed by atoms with van der Waals surface area (Å²) in [6.45, 7) is 3.24. The summed E-state index contributed by atoms with van der Waals surface area (Å²) in [7, 11) is 0. The van der Waals surface area contributed by atoms with Crippen LogP contribution in [0.3, 0.4) is 0 Å².